The van der Waals surface area contributed by atoms with E-state index in [1.807, 2.05) is 0 Å². The molecule has 0 saturated heterocycles. The number of rotatable bonds is 14. The van der Waals surface area contributed by atoms with Crippen molar-refractivity contribution in [2.45, 2.75) is 52.4 Å². The van der Waals surface area contributed by atoms with Gasteiger partial charge in [0.15, 0.2) is 0 Å². The van der Waals surface area contributed by atoms with E-state index in [1.54, 1.807) is 0 Å². The Morgan fingerprint density at radius 2 is 0.765 bits per heavy atom. The number of unbranched alkanes of at least 4 members (excludes halogenated alkanes) is 2. The monoisotopic (exact) mass is 294 g/mol. The summed E-state index contributed by atoms with van der Waals surface area (Å²) in [7, 11) is 0. The van der Waals surface area contributed by atoms with E-state index in [4.69, 9.17) is 0 Å². The zero-order valence-corrected chi connectivity index (χ0v) is 14.2. The van der Waals surface area contributed by atoms with Gasteiger partial charge >= 0.3 is 0 Å². The highest BCUT2D eigenvalue weighted by molar-refractivity contribution is 7.99. The summed E-state index contributed by atoms with van der Waals surface area (Å²) in [5.41, 5.74) is 0. The van der Waals surface area contributed by atoms with Gasteiger partial charge in [-0.2, -0.15) is 35.3 Å². The SMILES string of the molecule is CCCSCCCCSCCCCSCCC. The lowest BCUT2D eigenvalue weighted by atomic mass is 10.4. The van der Waals surface area contributed by atoms with E-state index in [9.17, 15) is 0 Å². The van der Waals surface area contributed by atoms with Gasteiger partial charge < -0.3 is 0 Å². The lowest BCUT2D eigenvalue weighted by Crippen LogP contribution is -1.89. The Labute approximate surface area is 122 Å². The van der Waals surface area contributed by atoms with Crippen LogP contribution >= 0.6 is 35.3 Å². The third-order valence-corrected chi connectivity index (χ3v) is 6.05. The molecule has 0 radical (unpaired) electrons. The van der Waals surface area contributed by atoms with Gasteiger partial charge in [-0.05, 0) is 73.0 Å². The lowest BCUT2D eigenvalue weighted by Gasteiger charge is -2.02. The van der Waals surface area contributed by atoms with Crippen LogP contribution < -0.4 is 0 Å². The average molecular weight is 295 g/mol. The normalized spacial score (nSPS) is 10.9. The number of thioether (sulfide) groups is 3. The molecule has 0 aliphatic heterocycles. The molecule has 0 N–H and O–H groups in total. The molecule has 0 spiro atoms. The molecule has 0 aromatic carbocycles. The predicted molar refractivity (Wildman–Crippen MR) is 91.0 cm³/mol. The average Bonchev–Trinajstić information content (AvgIpc) is 2.35. The van der Waals surface area contributed by atoms with Crippen molar-refractivity contribution >= 4 is 35.3 Å². The highest BCUT2D eigenvalue weighted by atomic mass is 32.2. The molecule has 0 aromatic heterocycles. The maximum absolute atomic E-state index is 2.27. The van der Waals surface area contributed by atoms with Crippen molar-refractivity contribution in [3.63, 3.8) is 0 Å². The molecule has 0 aliphatic carbocycles. The fraction of sp³-hybridized carbons (Fsp3) is 1.00. The summed E-state index contributed by atoms with van der Waals surface area (Å²) in [6, 6.07) is 0. The maximum Gasteiger partial charge on any atom is -0.00672 e. The molecule has 0 aromatic rings. The molecule has 0 unspecified atom stereocenters. The van der Waals surface area contributed by atoms with E-state index >= 15 is 0 Å². The minimum atomic E-state index is 1.33. The van der Waals surface area contributed by atoms with E-state index in [2.05, 4.69) is 49.1 Å². The van der Waals surface area contributed by atoms with Crippen molar-refractivity contribution in [3.05, 3.63) is 0 Å². The van der Waals surface area contributed by atoms with E-state index in [1.165, 1.54) is 73.0 Å². The Balaban J connectivity index is 2.85. The fourth-order valence-electron chi connectivity index (χ4n) is 1.41. The first-order valence-electron chi connectivity index (χ1n) is 7.15. The largest absolute Gasteiger partial charge is 0.162 e. The Hall–Kier alpha value is 1.05. The van der Waals surface area contributed by atoms with Gasteiger partial charge in [-0.25, -0.2) is 0 Å². The van der Waals surface area contributed by atoms with Gasteiger partial charge in [0.25, 0.3) is 0 Å². The Morgan fingerprint density at radius 1 is 0.471 bits per heavy atom. The second-order valence-electron chi connectivity index (χ2n) is 4.25. The van der Waals surface area contributed by atoms with Crippen LogP contribution in [-0.4, -0.2) is 34.5 Å². The van der Waals surface area contributed by atoms with Crippen molar-refractivity contribution in [1.82, 2.24) is 0 Å². The minimum absolute atomic E-state index is 1.33. The Kier molecular flexibility index (Phi) is 18.1. The van der Waals surface area contributed by atoms with E-state index in [0.717, 1.165) is 0 Å². The van der Waals surface area contributed by atoms with Gasteiger partial charge in [-0.1, -0.05) is 13.8 Å². The predicted octanol–water partition coefficient (Wildman–Crippen LogP) is 5.57. The summed E-state index contributed by atoms with van der Waals surface area (Å²) in [5.74, 6) is 8.22. The minimum Gasteiger partial charge on any atom is -0.162 e. The van der Waals surface area contributed by atoms with E-state index in [-0.39, 0.29) is 0 Å². The van der Waals surface area contributed by atoms with Gasteiger partial charge in [-0.15, -0.1) is 0 Å². The zero-order valence-electron chi connectivity index (χ0n) is 11.7. The summed E-state index contributed by atoms with van der Waals surface area (Å²) in [6.07, 6.45) is 8.34. The molecule has 3 heteroatoms. The van der Waals surface area contributed by atoms with Crippen LogP contribution in [0.25, 0.3) is 0 Å². The Bertz CT molecular complexity index is 115. The molecule has 0 aliphatic rings. The van der Waals surface area contributed by atoms with Crippen LogP contribution in [0, 0.1) is 0 Å². The molecule has 0 rings (SSSR count). The van der Waals surface area contributed by atoms with E-state index < -0.39 is 0 Å². The summed E-state index contributed by atoms with van der Waals surface area (Å²) in [5, 5.41) is 0. The van der Waals surface area contributed by atoms with Crippen LogP contribution in [0.2, 0.25) is 0 Å². The standard InChI is InChI=1S/C14H30S3/c1-3-9-15-11-5-7-13-17-14-8-6-12-16-10-4-2/h3-14H2,1-2H3. The molecular weight excluding hydrogens is 264 g/mol. The van der Waals surface area contributed by atoms with Crippen LogP contribution in [-0.2, 0) is 0 Å². The Morgan fingerprint density at radius 3 is 1.06 bits per heavy atom. The van der Waals surface area contributed by atoms with Crippen LogP contribution in [0.3, 0.4) is 0 Å². The molecule has 17 heavy (non-hydrogen) atoms. The fourth-order valence-corrected chi connectivity index (χ4v) is 4.23. The topological polar surface area (TPSA) is 0 Å². The molecule has 0 bridgehead atoms. The molecule has 0 saturated carbocycles. The third-order valence-electron chi connectivity index (χ3n) is 2.35. The first-order valence-corrected chi connectivity index (χ1v) is 10.6. The van der Waals surface area contributed by atoms with Gasteiger partial charge in [0.2, 0.25) is 0 Å². The van der Waals surface area contributed by atoms with Crippen molar-refractivity contribution in [3.8, 4) is 0 Å². The highest BCUT2D eigenvalue weighted by Gasteiger charge is 1.93. The molecular formula is C14H30S3. The molecule has 0 atom stereocenters. The number of hydrogen-bond donors (Lipinski definition) is 0. The summed E-state index contributed by atoms with van der Waals surface area (Å²) in [4.78, 5) is 0. The molecule has 104 valence electrons. The summed E-state index contributed by atoms with van der Waals surface area (Å²) < 4.78 is 0. The van der Waals surface area contributed by atoms with Crippen LogP contribution in [0.4, 0.5) is 0 Å². The molecule has 0 amide bonds. The number of hydrogen-bond acceptors (Lipinski definition) is 3. The molecule has 0 heterocycles. The van der Waals surface area contributed by atoms with Gasteiger partial charge in [0.05, 0.1) is 0 Å². The van der Waals surface area contributed by atoms with Crippen molar-refractivity contribution < 1.29 is 0 Å². The highest BCUT2D eigenvalue weighted by Crippen LogP contribution is 2.12. The molecule has 0 nitrogen and oxygen atoms in total. The lowest BCUT2D eigenvalue weighted by molar-refractivity contribution is 0.888. The van der Waals surface area contributed by atoms with Gasteiger partial charge in [-0.3, -0.25) is 0 Å². The van der Waals surface area contributed by atoms with Gasteiger partial charge in [0.1, 0.15) is 0 Å². The maximum atomic E-state index is 2.27. The molecule has 0 fully saturated rings. The third kappa shape index (κ3) is 17.1. The van der Waals surface area contributed by atoms with Crippen LogP contribution in [0.15, 0.2) is 0 Å². The summed E-state index contributed by atoms with van der Waals surface area (Å²) >= 11 is 6.40. The smallest absolute Gasteiger partial charge is 0.00672 e. The van der Waals surface area contributed by atoms with Crippen molar-refractivity contribution in [2.75, 3.05) is 34.5 Å². The quantitative estimate of drug-likeness (QED) is 0.385. The van der Waals surface area contributed by atoms with Crippen molar-refractivity contribution in [1.29, 1.82) is 0 Å². The van der Waals surface area contributed by atoms with Gasteiger partial charge in [0, 0.05) is 0 Å². The second-order valence-corrected chi connectivity index (χ2v) is 7.93. The first kappa shape index (κ1) is 18.0. The van der Waals surface area contributed by atoms with Crippen LogP contribution in [0.1, 0.15) is 52.4 Å². The second kappa shape index (κ2) is 17.1. The summed E-state index contributed by atoms with van der Waals surface area (Å²) in [6.45, 7) is 4.53. The first-order chi connectivity index (χ1) is 8.41. The van der Waals surface area contributed by atoms with E-state index in [0.29, 0.717) is 0 Å². The zero-order chi connectivity index (χ0) is 12.6. The van der Waals surface area contributed by atoms with Crippen LogP contribution in [0.5, 0.6) is 0 Å². The van der Waals surface area contributed by atoms with Crippen molar-refractivity contribution in [2.24, 2.45) is 0 Å².